The van der Waals surface area contributed by atoms with Crippen molar-refractivity contribution >= 4 is 11.6 Å². The fraction of sp³-hybridized carbons (Fsp3) is 1.00. The SMILES string of the molecule is OCCC(O)CCCCl. The van der Waals surface area contributed by atoms with Gasteiger partial charge in [-0.25, -0.2) is 0 Å². The van der Waals surface area contributed by atoms with Crippen molar-refractivity contribution in [2.75, 3.05) is 12.5 Å². The summed E-state index contributed by atoms with van der Waals surface area (Å²) in [4.78, 5) is 0. The van der Waals surface area contributed by atoms with Gasteiger partial charge in [0.15, 0.2) is 0 Å². The summed E-state index contributed by atoms with van der Waals surface area (Å²) in [5.41, 5.74) is 0. The number of alkyl halides is 1. The minimum absolute atomic E-state index is 0.0590. The quantitative estimate of drug-likeness (QED) is 0.571. The van der Waals surface area contributed by atoms with Gasteiger partial charge in [0.1, 0.15) is 0 Å². The second-order valence-electron chi connectivity index (χ2n) is 2.00. The molecule has 3 heteroatoms. The standard InChI is InChI=1S/C6H13ClO2/c7-4-1-2-6(9)3-5-8/h6,8-9H,1-5H2. The van der Waals surface area contributed by atoms with Crippen LogP contribution in [0.15, 0.2) is 0 Å². The first kappa shape index (κ1) is 9.21. The molecule has 0 amide bonds. The molecule has 0 aromatic carbocycles. The lowest BCUT2D eigenvalue weighted by Gasteiger charge is -2.05. The van der Waals surface area contributed by atoms with Gasteiger partial charge in [-0.3, -0.25) is 0 Å². The zero-order valence-corrected chi connectivity index (χ0v) is 6.14. The molecule has 2 N–H and O–H groups in total. The topological polar surface area (TPSA) is 40.5 Å². The van der Waals surface area contributed by atoms with E-state index in [0.29, 0.717) is 18.7 Å². The normalized spacial score (nSPS) is 13.7. The van der Waals surface area contributed by atoms with Crippen molar-refractivity contribution in [1.82, 2.24) is 0 Å². The maximum atomic E-state index is 8.96. The third-order valence-corrected chi connectivity index (χ3v) is 1.40. The van der Waals surface area contributed by atoms with Crippen molar-refractivity contribution in [2.24, 2.45) is 0 Å². The van der Waals surface area contributed by atoms with Gasteiger partial charge in [0, 0.05) is 12.5 Å². The van der Waals surface area contributed by atoms with Crippen molar-refractivity contribution in [2.45, 2.75) is 25.4 Å². The van der Waals surface area contributed by atoms with Crippen LogP contribution in [-0.2, 0) is 0 Å². The molecule has 0 aromatic rings. The highest BCUT2D eigenvalue weighted by molar-refractivity contribution is 6.17. The highest BCUT2D eigenvalue weighted by atomic mass is 35.5. The maximum absolute atomic E-state index is 8.96. The van der Waals surface area contributed by atoms with Crippen LogP contribution in [0.25, 0.3) is 0 Å². The van der Waals surface area contributed by atoms with E-state index in [0.717, 1.165) is 6.42 Å². The zero-order valence-electron chi connectivity index (χ0n) is 5.39. The first-order valence-corrected chi connectivity index (χ1v) is 3.69. The van der Waals surface area contributed by atoms with E-state index in [4.69, 9.17) is 21.8 Å². The first-order chi connectivity index (χ1) is 4.31. The largest absolute Gasteiger partial charge is 0.396 e. The molecule has 0 aliphatic carbocycles. The molecule has 0 aromatic heterocycles. The average Bonchev–Trinajstić information content (AvgIpc) is 1.85. The zero-order chi connectivity index (χ0) is 7.11. The summed E-state index contributed by atoms with van der Waals surface area (Å²) < 4.78 is 0. The fourth-order valence-electron chi connectivity index (χ4n) is 0.606. The third-order valence-electron chi connectivity index (χ3n) is 1.13. The molecule has 9 heavy (non-hydrogen) atoms. The fourth-order valence-corrected chi connectivity index (χ4v) is 0.760. The molecule has 0 fully saturated rings. The summed E-state index contributed by atoms with van der Waals surface area (Å²) in [6.45, 7) is 0.0590. The van der Waals surface area contributed by atoms with Gasteiger partial charge in [0.2, 0.25) is 0 Å². The van der Waals surface area contributed by atoms with Crippen LogP contribution in [0.4, 0.5) is 0 Å². The lowest BCUT2D eigenvalue weighted by molar-refractivity contribution is 0.124. The Morgan fingerprint density at radius 3 is 2.44 bits per heavy atom. The predicted octanol–water partition coefficient (Wildman–Crippen LogP) is 0.749. The van der Waals surface area contributed by atoms with E-state index in [9.17, 15) is 0 Å². The second-order valence-corrected chi connectivity index (χ2v) is 2.38. The van der Waals surface area contributed by atoms with Crippen LogP contribution in [0.1, 0.15) is 19.3 Å². The summed E-state index contributed by atoms with van der Waals surface area (Å²) in [5, 5.41) is 17.3. The average molecular weight is 153 g/mol. The van der Waals surface area contributed by atoms with Gasteiger partial charge in [-0.2, -0.15) is 0 Å². The van der Waals surface area contributed by atoms with Crippen LogP contribution in [0.2, 0.25) is 0 Å². The van der Waals surface area contributed by atoms with E-state index >= 15 is 0 Å². The Kier molecular flexibility index (Phi) is 6.48. The van der Waals surface area contributed by atoms with E-state index in [1.54, 1.807) is 0 Å². The van der Waals surface area contributed by atoms with Crippen LogP contribution in [-0.4, -0.2) is 28.8 Å². The Morgan fingerprint density at radius 2 is 2.00 bits per heavy atom. The van der Waals surface area contributed by atoms with Crippen LogP contribution >= 0.6 is 11.6 Å². The molecule has 0 aliphatic heterocycles. The van der Waals surface area contributed by atoms with Gasteiger partial charge >= 0.3 is 0 Å². The van der Waals surface area contributed by atoms with Gasteiger partial charge in [-0.1, -0.05) is 0 Å². The maximum Gasteiger partial charge on any atom is 0.0562 e. The van der Waals surface area contributed by atoms with E-state index in [1.807, 2.05) is 0 Å². The van der Waals surface area contributed by atoms with Gasteiger partial charge in [0.25, 0.3) is 0 Å². The molecule has 0 radical (unpaired) electrons. The molecule has 2 nitrogen and oxygen atoms in total. The van der Waals surface area contributed by atoms with Crippen molar-refractivity contribution < 1.29 is 10.2 Å². The van der Waals surface area contributed by atoms with Crippen molar-refractivity contribution in [3.63, 3.8) is 0 Å². The van der Waals surface area contributed by atoms with Crippen LogP contribution in [0, 0.1) is 0 Å². The number of aliphatic hydroxyl groups excluding tert-OH is 2. The lowest BCUT2D eigenvalue weighted by atomic mass is 10.1. The Balaban J connectivity index is 2.95. The minimum atomic E-state index is -0.367. The molecule has 1 unspecified atom stereocenters. The van der Waals surface area contributed by atoms with Crippen LogP contribution in [0.5, 0.6) is 0 Å². The first-order valence-electron chi connectivity index (χ1n) is 3.16. The molecule has 0 bridgehead atoms. The number of rotatable bonds is 5. The summed E-state index contributed by atoms with van der Waals surface area (Å²) in [5.74, 6) is 0.586. The minimum Gasteiger partial charge on any atom is -0.396 e. The summed E-state index contributed by atoms with van der Waals surface area (Å²) in [6, 6.07) is 0. The van der Waals surface area contributed by atoms with Gasteiger partial charge in [0.05, 0.1) is 6.10 Å². The number of hydrogen-bond donors (Lipinski definition) is 2. The second kappa shape index (κ2) is 6.33. The molecular weight excluding hydrogens is 140 g/mol. The molecule has 0 spiro atoms. The third kappa shape index (κ3) is 6.09. The van der Waals surface area contributed by atoms with Crippen LogP contribution < -0.4 is 0 Å². The van der Waals surface area contributed by atoms with Gasteiger partial charge in [-0.15, -0.1) is 11.6 Å². The number of hydrogen-bond acceptors (Lipinski definition) is 2. The summed E-state index contributed by atoms with van der Waals surface area (Å²) in [6.07, 6.45) is 1.62. The van der Waals surface area contributed by atoms with Crippen molar-refractivity contribution in [3.8, 4) is 0 Å². The Morgan fingerprint density at radius 1 is 1.33 bits per heavy atom. The molecule has 0 saturated heterocycles. The van der Waals surface area contributed by atoms with E-state index < -0.39 is 0 Å². The Bertz CT molecular complexity index is 59.0. The molecule has 56 valence electrons. The Hall–Kier alpha value is 0.210. The lowest BCUT2D eigenvalue weighted by Crippen LogP contribution is -2.08. The molecule has 0 saturated carbocycles. The Labute approximate surface area is 60.5 Å². The molecular formula is C6H13ClO2. The summed E-state index contributed by atoms with van der Waals surface area (Å²) >= 11 is 5.37. The van der Waals surface area contributed by atoms with Crippen molar-refractivity contribution in [1.29, 1.82) is 0 Å². The van der Waals surface area contributed by atoms with E-state index in [-0.39, 0.29) is 12.7 Å². The van der Waals surface area contributed by atoms with Crippen LogP contribution in [0.3, 0.4) is 0 Å². The molecule has 0 heterocycles. The summed E-state index contributed by atoms with van der Waals surface area (Å²) in [7, 11) is 0. The predicted molar refractivity (Wildman–Crippen MR) is 37.7 cm³/mol. The van der Waals surface area contributed by atoms with Gasteiger partial charge < -0.3 is 10.2 Å². The smallest absolute Gasteiger partial charge is 0.0562 e. The van der Waals surface area contributed by atoms with E-state index in [2.05, 4.69) is 0 Å². The monoisotopic (exact) mass is 152 g/mol. The van der Waals surface area contributed by atoms with Gasteiger partial charge in [-0.05, 0) is 19.3 Å². The number of halogens is 1. The van der Waals surface area contributed by atoms with Crippen molar-refractivity contribution in [3.05, 3.63) is 0 Å². The highest BCUT2D eigenvalue weighted by Gasteiger charge is 2.00. The van der Waals surface area contributed by atoms with E-state index in [1.165, 1.54) is 0 Å². The molecule has 0 rings (SSSR count). The molecule has 1 atom stereocenters. The number of aliphatic hydroxyl groups is 2. The highest BCUT2D eigenvalue weighted by Crippen LogP contribution is 2.01. The molecule has 0 aliphatic rings.